The standard InChI is InChI=1S/C16H14ClN3O/c1-9-6-12(11-4-2-3-5-14(11)20-9)15(21)13-7-10(17)8-19-16(13)18/h2-8,15,21H,1H3,(H2,18,19). The Labute approximate surface area is 127 Å². The van der Waals surface area contributed by atoms with Gasteiger partial charge in [-0.3, -0.25) is 4.98 Å². The maximum Gasteiger partial charge on any atom is 0.129 e. The number of para-hydroxylation sites is 1. The largest absolute Gasteiger partial charge is 0.383 e. The monoisotopic (exact) mass is 299 g/mol. The molecule has 0 radical (unpaired) electrons. The molecule has 0 saturated carbocycles. The van der Waals surface area contributed by atoms with Crippen molar-refractivity contribution in [2.24, 2.45) is 0 Å². The Balaban J connectivity index is 2.22. The van der Waals surface area contributed by atoms with Crippen LogP contribution in [-0.2, 0) is 0 Å². The van der Waals surface area contributed by atoms with Gasteiger partial charge in [0.25, 0.3) is 0 Å². The van der Waals surface area contributed by atoms with E-state index in [1.54, 1.807) is 6.07 Å². The topological polar surface area (TPSA) is 72.0 Å². The van der Waals surface area contributed by atoms with Crippen LogP contribution in [0.25, 0.3) is 10.9 Å². The molecule has 0 aliphatic carbocycles. The van der Waals surface area contributed by atoms with Crippen LogP contribution in [0.3, 0.4) is 0 Å². The molecule has 2 heterocycles. The summed E-state index contributed by atoms with van der Waals surface area (Å²) in [6.07, 6.45) is 0.561. The maximum atomic E-state index is 10.7. The first-order valence-corrected chi connectivity index (χ1v) is 6.89. The number of benzene rings is 1. The Morgan fingerprint density at radius 1 is 1.19 bits per heavy atom. The molecule has 3 rings (SSSR count). The lowest BCUT2D eigenvalue weighted by atomic mass is 9.97. The summed E-state index contributed by atoms with van der Waals surface area (Å²) in [7, 11) is 0. The van der Waals surface area contributed by atoms with Gasteiger partial charge in [-0.15, -0.1) is 0 Å². The molecule has 2 aromatic heterocycles. The number of aliphatic hydroxyl groups is 1. The van der Waals surface area contributed by atoms with Gasteiger partial charge in [0.2, 0.25) is 0 Å². The highest BCUT2D eigenvalue weighted by atomic mass is 35.5. The van der Waals surface area contributed by atoms with Crippen LogP contribution in [0.15, 0.2) is 42.6 Å². The van der Waals surface area contributed by atoms with E-state index in [0.717, 1.165) is 22.2 Å². The van der Waals surface area contributed by atoms with Gasteiger partial charge in [-0.2, -0.15) is 0 Å². The van der Waals surface area contributed by atoms with Crippen LogP contribution >= 0.6 is 11.6 Å². The summed E-state index contributed by atoms with van der Waals surface area (Å²) in [5.41, 5.74) is 8.77. The summed E-state index contributed by atoms with van der Waals surface area (Å²) in [5, 5.41) is 12.0. The lowest BCUT2D eigenvalue weighted by Gasteiger charge is -2.16. The second-order valence-electron chi connectivity index (χ2n) is 4.90. The summed E-state index contributed by atoms with van der Waals surface area (Å²) in [5.74, 6) is 0.269. The van der Waals surface area contributed by atoms with Crippen LogP contribution in [0.5, 0.6) is 0 Å². The lowest BCUT2D eigenvalue weighted by Crippen LogP contribution is -2.07. The average Bonchev–Trinajstić information content (AvgIpc) is 2.48. The molecular weight excluding hydrogens is 286 g/mol. The quantitative estimate of drug-likeness (QED) is 0.762. The Hall–Kier alpha value is -2.17. The van der Waals surface area contributed by atoms with Crippen molar-refractivity contribution in [3.8, 4) is 0 Å². The summed E-state index contributed by atoms with van der Waals surface area (Å²) >= 11 is 5.96. The number of aromatic nitrogens is 2. The third-order valence-corrected chi connectivity index (χ3v) is 3.59. The van der Waals surface area contributed by atoms with Crippen LogP contribution in [-0.4, -0.2) is 15.1 Å². The molecule has 3 aromatic rings. The number of aryl methyl sites for hydroxylation is 1. The molecule has 0 bridgehead atoms. The summed E-state index contributed by atoms with van der Waals surface area (Å²) < 4.78 is 0. The van der Waals surface area contributed by atoms with Gasteiger partial charge in [0, 0.05) is 22.8 Å². The van der Waals surface area contributed by atoms with Gasteiger partial charge in [-0.05, 0) is 30.7 Å². The fourth-order valence-electron chi connectivity index (χ4n) is 2.42. The zero-order chi connectivity index (χ0) is 15.0. The molecule has 5 heteroatoms. The second-order valence-corrected chi connectivity index (χ2v) is 5.34. The van der Waals surface area contributed by atoms with E-state index < -0.39 is 6.10 Å². The van der Waals surface area contributed by atoms with Gasteiger partial charge in [-0.25, -0.2) is 4.98 Å². The van der Waals surface area contributed by atoms with Crippen molar-refractivity contribution in [3.05, 3.63) is 64.4 Å². The number of pyridine rings is 2. The maximum absolute atomic E-state index is 10.7. The molecule has 0 aliphatic rings. The van der Waals surface area contributed by atoms with E-state index in [1.165, 1.54) is 6.20 Å². The van der Waals surface area contributed by atoms with Crippen LogP contribution in [0.1, 0.15) is 22.9 Å². The van der Waals surface area contributed by atoms with Crippen molar-refractivity contribution in [2.45, 2.75) is 13.0 Å². The number of nitrogens with two attached hydrogens (primary N) is 1. The molecule has 0 saturated heterocycles. The van der Waals surface area contributed by atoms with E-state index in [0.29, 0.717) is 10.6 Å². The van der Waals surface area contributed by atoms with Crippen molar-refractivity contribution >= 4 is 28.3 Å². The smallest absolute Gasteiger partial charge is 0.129 e. The predicted octanol–water partition coefficient (Wildman–Crippen LogP) is 3.26. The zero-order valence-corrected chi connectivity index (χ0v) is 12.2. The highest BCUT2D eigenvalue weighted by Crippen LogP contribution is 2.32. The molecule has 1 aromatic carbocycles. The first-order chi connectivity index (χ1) is 10.1. The highest BCUT2D eigenvalue weighted by Gasteiger charge is 2.18. The number of anilines is 1. The predicted molar refractivity (Wildman–Crippen MR) is 84.2 cm³/mol. The van der Waals surface area contributed by atoms with E-state index in [2.05, 4.69) is 9.97 Å². The van der Waals surface area contributed by atoms with Gasteiger partial charge >= 0.3 is 0 Å². The minimum absolute atomic E-state index is 0.269. The Kier molecular flexibility index (Phi) is 3.49. The molecule has 1 unspecified atom stereocenters. The van der Waals surface area contributed by atoms with Gasteiger partial charge < -0.3 is 10.8 Å². The second kappa shape index (κ2) is 5.31. The van der Waals surface area contributed by atoms with E-state index in [1.807, 2.05) is 37.3 Å². The van der Waals surface area contributed by atoms with Crippen LogP contribution in [0, 0.1) is 6.92 Å². The molecule has 0 amide bonds. The number of hydrogen-bond acceptors (Lipinski definition) is 4. The zero-order valence-electron chi connectivity index (χ0n) is 11.4. The molecule has 3 N–H and O–H groups in total. The Morgan fingerprint density at radius 2 is 1.95 bits per heavy atom. The van der Waals surface area contributed by atoms with E-state index in [9.17, 15) is 5.11 Å². The van der Waals surface area contributed by atoms with Crippen LogP contribution in [0.2, 0.25) is 5.02 Å². The van der Waals surface area contributed by atoms with Crippen molar-refractivity contribution in [3.63, 3.8) is 0 Å². The van der Waals surface area contributed by atoms with Gasteiger partial charge in [0.1, 0.15) is 11.9 Å². The number of hydrogen-bond donors (Lipinski definition) is 2. The molecule has 21 heavy (non-hydrogen) atoms. The third-order valence-electron chi connectivity index (χ3n) is 3.38. The first kappa shape index (κ1) is 13.8. The van der Waals surface area contributed by atoms with Crippen LogP contribution < -0.4 is 5.73 Å². The van der Waals surface area contributed by atoms with Crippen molar-refractivity contribution in [2.75, 3.05) is 5.73 Å². The number of fused-ring (bicyclic) bond motifs is 1. The minimum atomic E-state index is -0.900. The molecule has 4 nitrogen and oxygen atoms in total. The molecule has 0 fully saturated rings. The Bertz CT molecular complexity index is 820. The number of nitrogen functional groups attached to an aromatic ring is 1. The van der Waals surface area contributed by atoms with Crippen molar-refractivity contribution in [1.29, 1.82) is 0 Å². The van der Waals surface area contributed by atoms with Crippen molar-refractivity contribution in [1.82, 2.24) is 9.97 Å². The number of nitrogens with zero attached hydrogens (tertiary/aromatic N) is 2. The summed E-state index contributed by atoms with van der Waals surface area (Å²) in [6.45, 7) is 1.89. The number of aliphatic hydroxyl groups excluding tert-OH is 1. The van der Waals surface area contributed by atoms with Gasteiger partial charge in [-0.1, -0.05) is 29.8 Å². The number of rotatable bonds is 2. The molecule has 0 spiro atoms. The van der Waals surface area contributed by atoms with Gasteiger partial charge in [0.05, 0.1) is 10.5 Å². The van der Waals surface area contributed by atoms with E-state index in [4.69, 9.17) is 17.3 Å². The first-order valence-electron chi connectivity index (χ1n) is 6.51. The fourth-order valence-corrected chi connectivity index (χ4v) is 2.58. The Morgan fingerprint density at radius 3 is 2.76 bits per heavy atom. The average molecular weight is 300 g/mol. The fraction of sp³-hybridized carbons (Fsp3) is 0.125. The van der Waals surface area contributed by atoms with E-state index >= 15 is 0 Å². The van der Waals surface area contributed by atoms with Crippen molar-refractivity contribution < 1.29 is 5.11 Å². The summed E-state index contributed by atoms with van der Waals surface area (Å²) in [6, 6.07) is 11.2. The number of halogens is 1. The molecule has 0 aliphatic heterocycles. The van der Waals surface area contributed by atoms with Crippen LogP contribution in [0.4, 0.5) is 5.82 Å². The molecule has 106 valence electrons. The lowest BCUT2D eigenvalue weighted by molar-refractivity contribution is 0.222. The normalized spacial score (nSPS) is 12.5. The third kappa shape index (κ3) is 2.55. The highest BCUT2D eigenvalue weighted by molar-refractivity contribution is 6.30. The van der Waals surface area contributed by atoms with E-state index in [-0.39, 0.29) is 5.82 Å². The molecule has 1 atom stereocenters. The summed E-state index contributed by atoms with van der Waals surface area (Å²) in [4.78, 5) is 8.47. The minimum Gasteiger partial charge on any atom is -0.383 e. The molecular formula is C16H14ClN3O. The van der Waals surface area contributed by atoms with Gasteiger partial charge in [0.15, 0.2) is 0 Å². The SMILES string of the molecule is Cc1cc(C(O)c2cc(Cl)cnc2N)c2ccccc2n1.